The molecule has 0 amide bonds. The molecule has 0 aromatic heterocycles. The molecule has 1 unspecified atom stereocenters. The molecule has 1 heterocycles. The molecular weight excluding hydrogens is 252 g/mol. The van der Waals surface area contributed by atoms with Crippen LogP contribution in [-0.4, -0.2) is 47.0 Å². The van der Waals surface area contributed by atoms with Gasteiger partial charge in [-0.2, -0.15) is 0 Å². The van der Waals surface area contributed by atoms with Crippen molar-refractivity contribution in [1.29, 1.82) is 0 Å². The Kier molecular flexibility index (Phi) is 7.81. The molecule has 18 heavy (non-hydrogen) atoms. The van der Waals surface area contributed by atoms with Crippen molar-refractivity contribution in [2.24, 2.45) is 0 Å². The Morgan fingerprint density at radius 2 is 2.06 bits per heavy atom. The van der Waals surface area contributed by atoms with Gasteiger partial charge < -0.3 is 10.1 Å². The third-order valence-corrected chi connectivity index (χ3v) is 4.62. The van der Waals surface area contributed by atoms with Crippen LogP contribution in [0.3, 0.4) is 0 Å². The first-order valence-electron chi connectivity index (χ1n) is 6.87. The van der Waals surface area contributed by atoms with Gasteiger partial charge in [-0.25, -0.2) is 13.1 Å². The summed E-state index contributed by atoms with van der Waals surface area (Å²) in [7, 11) is -1.22. The van der Waals surface area contributed by atoms with Crippen LogP contribution in [0.2, 0.25) is 0 Å². The zero-order valence-corrected chi connectivity index (χ0v) is 12.1. The summed E-state index contributed by atoms with van der Waals surface area (Å²) in [4.78, 5) is 0. The van der Waals surface area contributed by atoms with E-state index in [0.717, 1.165) is 38.8 Å². The molecule has 2 N–H and O–H groups in total. The summed E-state index contributed by atoms with van der Waals surface area (Å²) < 4.78 is 31.5. The normalized spacial score (nSPS) is 21.1. The lowest BCUT2D eigenvalue weighted by Crippen LogP contribution is -2.31. The lowest BCUT2D eigenvalue weighted by molar-refractivity contribution is 0.0123. The van der Waals surface area contributed by atoms with Crippen molar-refractivity contribution < 1.29 is 13.2 Å². The number of hydrogen-bond donors (Lipinski definition) is 2. The Morgan fingerprint density at radius 1 is 1.22 bits per heavy atom. The summed E-state index contributed by atoms with van der Waals surface area (Å²) in [6.07, 6.45) is 6.01. The largest absolute Gasteiger partial charge is 0.378 e. The summed E-state index contributed by atoms with van der Waals surface area (Å²) in [5.41, 5.74) is 0. The number of sulfonamides is 1. The zero-order chi connectivity index (χ0) is 13.3. The van der Waals surface area contributed by atoms with Gasteiger partial charge in [0.1, 0.15) is 0 Å². The fourth-order valence-electron chi connectivity index (χ4n) is 2.08. The molecule has 0 radical (unpaired) electrons. The van der Waals surface area contributed by atoms with Crippen LogP contribution in [0.4, 0.5) is 0 Å². The van der Waals surface area contributed by atoms with Crippen molar-refractivity contribution in [2.45, 2.75) is 44.6 Å². The van der Waals surface area contributed by atoms with E-state index in [4.69, 9.17) is 4.74 Å². The fraction of sp³-hybridized carbons (Fsp3) is 1.00. The standard InChI is InChI=1S/C12H26N2O3S/c1-13-8-3-5-11-18(15,16)14-9-7-12-6-2-4-10-17-12/h12-14H,2-11H2,1H3. The van der Waals surface area contributed by atoms with Crippen LogP contribution >= 0.6 is 0 Å². The molecule has 0 aromatic carbocycles. The highest BCUT2D eigenvalue weighted by Crippen LogP contribution is 2.14. The summed E-state index contributed by atoms with van der Waals surface area (Å²) in [5.74, 6) is 0.222. The first-order valence-corrected chi connectivity index (χ1v) is 8.53. The average molecular weight is 278 g/mol. The highest BCUT2D eigenvalue weighted by Gasteiger charge is 2.15. The highest BCUT2D eigenvalue weighted by molar-refractivity contribution is 7.89. The topological polar surface area (TPSA) is 67.4 Å². The zero-order valence-electron chi connectivity index (χ0n) is 11.3. The van der Waals surface area contributed by atoms with Gasteiger partial charge in [-0.15, -0.1) is 0 Å². The van der Waals surface area contributed by atoms with Crippen molar-refractivity contribution in [3.8, 4) is 0 Å². The summed E-state index contributed by atoms with van der Waals surface area (Å²) in [5, 5.41) is 3.01. The van der Waals surface area contributed by atoms with E-state index >= 15 is 0 Å². The number of ether oxygens (including phenoxy) is 1. The van der Waals surface area contributed by atoms with Crippen molar-refractivity contribution in [2.75, 3.05) is 32.5 Å². The Bertz CT molecular complexity index is 300. The van der Waals surface area contributed by atoms with Crippen molar-refractivity contribution >= 4 is 10.0 Å². The van der Waals surface area contributed by atoms with E-state index in [-0.39, 0.29) is 11.9 Å². The Hall–Kier alpha value is -0.170. The minimum atomic E-state index is -3.10. The van der Waals surface area contributed by atoms with Gasteiger partial charge in [0.05, 0.1) is 11.9 Å². The molecule has 0 bridgehead atoms. The fourth-order valence-corrected chi connectivity index (χ4v) is 3.23. The molecule has 0 spiro atoms. The molecule has 1 fully saturated rings. The number of unbranched alkanes of at least 4 members (excludes halogenated alkanes) is 1. The van der Waals surface area contributed by atoms with Gasteiger partial charge in [-0.05, 0) is 52.1 Å². The van der Waals surface area contributed by atoms with Crippen LogP contribution in [0, 0.1) is 0 Å². The van der Waals surface area contributed by atoms with Crippen molar-refractivity contribution in [1.82, 2.24) is 10.0 Å². The minimum absolute atomic E-state index is 0.222. The lowest BCUT2D eigenvalue weighted by Gasteiger charge is -2.22. The average Bonchev–Trinajstić information content (AvgIpc) is 2.36. The van der Waals surface area contributed by atoms with E-state index in [1.165, 1.54) is 6.42 Å². The highest BCUT2D eigenvalue weighted by atomic mass is 32.2. The lowest BCUT2D eigenvalue weighted by atomic mass is 10.1. The SMILES string of the molecule is CNCCCCS(=O)(=O)NCCC1CCCCO1. The van der Waals surface area contributed by atoms with E-state index in [1.807, 2.05) is 7.05 Å². The van der Waals surface area contributed by atoms with Gasteiger partial charge in [0.15, 0.2) is 0 Å². The summed E-state index contributed by atoms with van der Waals surface area (Å²) >= 11 is 0. The van der Waals surface area contributed by atoms with Crippen LogP contribution in [0.5, 0.6) is 0 Å². The van der Waals surface area contributed by atoms with E-state index in [1.54, 1.807) is 0 Å². The van der Waals surface area contributed by atoms with Crippen molar-refractivity contribution in [3.05, 3.63) is 0 Å². The number of rotatable bonds is 9. The minimum Gasteiger partial charge on any atom is -0.378 e. The van der Waals surface area contributed by atoms with Crippen molar-refractivity contribution in [3.63, 3.8) is 0 Å². The van der Waals surface area contributed by atoms with Gasteiger partial charge >= 0.3 is 0 Å². The quantitative estimate of drug-likeness (QED) is 0.614. The van der Waals surface area contributed by atoms with Crippen LogP contribution in [0.25, 0.3) is 0 Å². The molecule has 1 aliphatic rings. The molecule has 1 atom stereocenters. The summed E-state index contributed by atoms with van der Waals surface area (Å²) in [6, 6.07) is 0. The third kappa shape index (κ3) is 7.31. The maximum absolute atomic E-state index is 11.7. The van der Waals surface area contributed by atoms with Gasteiger partial charge in [0.2, 0.25) is 10.0 Å². The Balaban J connectivity index is 2.08. The second-order valence-corrected chi connectivity index (χ2v) is 6.73. The second-order valence-electron chi connectivity index (χ2n) is 4.80. The number of nitrogens with one attached hydrogen (secondary N) is 2. The van der Waals surface area contributed by atoms with Gasteiger partial charge in [-0.1, -0.05) is 0 Å². The predicted octanol–water partition coefficient (Wildman–Crippen LogP) is 0.865. The van der Waals surface area contributed by atoms with Crippen LogP contribution in [0.15, 0.2) is 0 Å². The maximum atomic E-state index is 11.7. The molecule has 0 saturated carbocycles. The molecule has 6 heteroatoms. The van der Waals surface area contributed by atoms with E-state index < -0.39 is 10.0 Å². The van der Waals surface area contributed by atoms with E-state index in [0.29, 0.717) is 13.0 Å². The third-order valence-electron chi connectivity index (χ3n) is 3.15. The first kappa shape index (κ1) is 15.9. The van der Waals surface area contributed by atoms with Crippen LogP contribution in [-0.2, 0) is 14.8 Å². The molecule has 0 aliphatic carbocycles. The first-order chi connectivity index (χ1) is 8.64. The van der Waals surface area contributed by atoms with Gasteiger partial charge in [-0.3, -0.25) is 0 Å². The monoisotopic (exact) mass is 278 g/mol. The van der Waals surface area contributed by atoms with Gasteiger partial charge in [0, 0.05) is 13.2 Å². The number of hydrogen-bond acceptors (Lipinski definition) is 4. The molecule has 1 saturated heterocycles. The van der Waals surface area contributed by atoms with E-state index in [9.17, 15) is 8.42 Å². The van der Waals surface area contributed by atoms with E-state index in [2.05, 4.69) is 10.0 Å². The molecule has 1 aliphatic heterocycles. The van der Waals surface area contributed by atoms with Gasteiger partial charge in [0.25, 0.3) is 0 Å². The smallest absolute Gasteiger partial charge is 0.211 e. The van der Waals surface area contributed by atoms with Crippen LogP contribution < -0.4 is 10.0 Å². The molecular formula is C12H26N2O3S. The summed E-state index contributed by atoms with van der Waals surface area (Å²) in [6.45, 7) is 2.19. The second kappa shape index (κ2) is 8.85. The Morgan fingerprint density at radius 3 is 2.72 bits per heavy atom. The van der Waals surface area contributed by atoms with Crippen LogP contribution in [0.1, 0.15) is 38.5 Å². The molecule has 108 valence electrons. The predicted molar refractivity (Wildman–Crippen MR) is 73.2 cm³/mol. The molecule has 0 aromatic rings. The maximum Gasteiger partial charge on any atom is 0.211 e. The molecule has 5 nitrogen and oxygen atoms in total. The molecule has 1 rings (SSSR count). The Labute approximate surface area is 111 Å².